The van der Waals surface area contributed by atoms with Crippen LogP contribution in [0.5, 0.6) is 11.5 Å². The predicted molar refractivity (Wildman–Crippen MR) is 197 cm³/mol. The number of fused-ring (bicyclic) bond motifs is 2. The summed E-state index contributed by atoms with van der Waals surface area (Å²) < 4.78 is 65.0. The van der Waals surface area contributed by atoms with E-state index in [0.717, 1.165) is 24.3 Å². The van der Waals surface area contributed by atoms with Crippen molar-refractivity contribution in [3.8, 4) is 11.5 Å². The van der Waals surface area contributed by atoms with Gasteiger partial charge in [-0.05, 0) is 71.4 Å². The Morgan fingerprint density at radius 3 is 1.20 bits per heavy atom. The minimum atomic E-state index is -4.61. The predicted octanol–water partition coefficient (Wildman–Crippen LogP) is 4.98. The second kappa shape index (κ2) is 14.3. The second-order valence-electron chi connectivity index (χ2n) is 11.6. The van der Waals surface area contributed by atoms with Crippen molar-refractivity contribution in [1.82, 2.24) is 0 Å². The van der Waals surface area contributed by atoms with Crippen LogP contribution in [0.1, 0.15) is 20.7 Å². The molecule has 6 aromatic rings. The lowest BCUT2D eigenvalue weighted by atomic mass is 10.1. The molecule has 0 heterocycles. The van der Waals surface area contributed by atoms with Crippen LogP contribution in [-0.4, -0.2) is 59.8 Å². The molecular weight excluding hydrogens is 745 g/mol. The topological polar surface area (TPSA) is 266 Å². The number of phenols is 2. The first kappa shape index (κ1) is 36.9. The molecule has 0 fully saturated rings. The van der Waals surface area contributed by atoms with E-state index in [9.17, 15) is 55.3 Å². The number of carbonyl (C=O) groups excluding carboxylic acids is 4. The summed E-state index contributed by atoms with van der Waals surface area (Å²) in [6.45, 7) is 0. The normalized spacial score (nSPS) is 11.5. The lowest BCUT2D eigenvalue weighted by molar-refractivity contribution is -0.132. The number of anilines is 4. The fourth-order valence-corrected chi connectivity index (χ4v) is 6.58. The van der Waals surface area contributed by atoms with E-state index < -0.39 is 65.2 Å². The summed E-state index contributed by atoms with van der Waals surface area (Å²) in [5.74, 6) is -4.63. The molecule has 0 saturated heterocycles. The van der Waals surface area contributed by atoms with Crippen LogP contribution in [0.4, 0.5) is 22.7 Å². The van der Waals surface area contributed by atoms with Gasteiger partial charge in [-0.1, -0.05) is 36.4 Å². The standard InChI is InChI=1S/C36H26N4O12S2/c41-29-17-25(53(47,48)49)15-19-5-3-11-27(31(19)29)39-33(43)21-7-1-9-23(13-21)37-35(45)36(46)38-24-10-2-8-22(14-24)34(44)40-28-12-4-6-20-16-26(54(50,51)52)18-30(42)32(20)28/h1-18,41-42H,(H,37,45)(H,38,46)(H,39,43)(H,40,44)(H,47,48,49)(H,50,51,52). The molecule has 6 aromatic carbocycles. The number of aromatic hydroxyl groups is 2. The van der Waals surface area contributed by atoms with E-state index in [1.165, 1.54) is 84.9 Å². The third-order valence-corrected chi connectivity index (χ3v) is 9.59. The number of hydrogen-bond acceptors (Lipinski definition) is 10. The largest absolute Gasteiger partial charge is 0.507 e. The smallest absolute Gasteiger partial charge is 0.314 e. The average molecular weight is 771 g/mol. The molecule has 4 amide bonds. The molecule has 0 spiro atoms. The van der Waals surface area contributed by atoms with Gasteiger partial charge in [0.15, 0.2) is 0 Å². The van der Waals surface area contributed by atoms with E-state index in [1.807, 2.05) is 0 Å². The molecular formula is C36H26N4O12S2. The van der Waals surface area contributed by atoms with Crippen molar-refractivity contribution in [2.24, 2.45) is 0 Å². The molecule has 8 N–H and O–H groups in total. The highest BCUT2D eigenvalue weighted by atomic mass is 32.2. The molecule has 0 radical (unpaired) electrons. The van der Waals surface area contributed by atoms with E-state index in [2.05, 4.69) is 21.3 Å². The Labute approximate surface area is 305 Å². The quantitative estimate of drug-likeness (QED) is 0.0753. The van der Waals surface area contributed by atoms with E-state index in [1.54, 1.807) is 0 Å². The van der Waals surface area contributed by atoms with Gasteiger partial charge < -0.3 is 31.5 Å². The summed E-state index contributed by atoms with van der Waals surface area (Å²) in [7, 11) is -9.23. The molecule has 16 nitrogen and oxygen atoms in total. The van der Waals surface area contributed by atoms with Crippen LogP contribution in [0, 0.1) is 0 Å². The first-order valence-electron chi connectivity index (χ1n) is 15.4. The van der Waals surface area contributed by atoms with Crippen molar-refractivity contribution in [3.05, 3.63) is 120 Å². The van der Waals surface area contributed by atoms with E-state index in [0.29, 0.717) is 0 Å². The van der Waals surface area contributed by atoms with Crippen LogP contribution in [-0.2, 0) is 29.8 Å². The monoisotopic (exact) mass is 770 g/mol. The molecule has 0 aliphatic rings. The van der Waals surface area contributed by atoms with Crippen molar-refractivity contribution >= 4 is 88.2 Å². The summed E-state index contributed by atoms with van der Waals surface area (Å²) in [5.41, 5.74) is 0.443. The number of carbonyl (C=O) groups is 4. The Hall–Kier alpha value is -6.86. The molecule has 18 heteroatoms. The zero-order valence-electron chi connectivity index (χ0n) is 27.3. The van der Waals surface area contributed by atoms with Gasteiger partial charge in [0, 0.05) is 45.4 Å². The summed E-state index contributed by atoms with van der Waals surface area (Å²) in [6.07, 6.45) is 0. The Kier molecular flexibility index (Phi) is 9.76. The number of amides is 4. The fraction of sp³-hybridized carbons (Fsp3) is 0. The van der Waals surface area contributed by atoms with Crippen molar-refractivity contribution in [3.63, 3.8) is 0 Å². The van der Waals surface area contributed by atoms with Crippen molar-refractivity contribution in [2.75, 3.05) is 21.3 Å². The second-order valence-corrected chi connectivity index (χ2v) is 14.5. The van der Waals surface area contributed by atoms with Gasteiger partial charge in [-0.15, -0.1) is 0 Å². The SMILES string of the molecule is O=C(Nc1cccc(C(=O)Nc2cccc3cc(S(=O)(=O)O)cc(O)c23)c1)C(=O)Nc1cccc(C(=O)Nc2cccc3cc(S(=O)(=O)O)cc(O)c23)c1. The van der Waals surface area contributed by atoms with Crippen LogP contribution in [0.2, 0.25) is 0 Å². The molecule has 0 atom stereocenters. The zero-order chi connectivity index (χ0) is 38.9. The minimum Gasteiger partial charge on any atom is -0.507 e. The number of hydrogen-bond donors (Lipinski definition) is 8. The molecule has 0 unspecified atom stereocenters. The molecule has 0 saturated carbocycles. The van der Waals surface area contributed by atoms with Gasteiger partial charge in [0.25, 0.3) is 32.1 Å². The van der Waals surface area contributed by atoms with Gasteiger partial charge >= 0.3 is 11.8 Å². The molecule has 6 rings (SSSR count). The van der Waals surface area contributed by atoms with Gasteiger partial charge in [0.1, 0.15) is 11.5 Å². The van der Waals surface area contributed by atoms with Crippen LogP contribution in [0.25, 0.3) is 21.5 Å². The van der Waals surface area contributed by atoms with Crippen LogP contribution < -0.4 is 21.3 Å². The Bertz CT molecular complexity index is 2600. The van der Waals surface area contributed by atoms with Gasteiger partial charge in [-0.25, -0.2) is 0 Å². The zero-order valence-corrected chi connectivity index (χ0v) is 28.9. The lowest BCUT2D eigenvalue weighted by Crippen LogP contribution is -2.29. The highest BCUT2D eigenvalue weighted by molar-refractivity contribution is 7.86. The van der Waals surface area contributed by atoms with Gasteiger partial charge in [0.05, 0.1) is 21.2 Å². The summed E-state index contributed by atoms with van der Waals surface area (Å²) in [4.78, 5) is 50.8. The third kappa shape index (κ3) is 7.96. The van der Waals surface area contributed by atoms with Crippen molar-refractivity contribution in [1.29, 1.82) is 0 Å². The van der Waals surface area contributed by atoms with Gasteiger partial charge in [-0.2, -0.15) is 16.8 Å². The lowest BCUT2D eigenvalue weighted by Gasteiger charge is -2.13. The van der Waals surface area contributed by atoms with Crippen LogP contribution >= 0.6 is 0 Å². The summed E-state index contributed by atoms with van der Waals surface area (Å²) in [6, 6.07) is 23.9. The molecule has 0 aliphatic heterocycles. The molecule has 54 heavy (non-hydrogen) atoms. The van der Waals surface area contributed by atoms with Gasteiger partial charge in [-0.3, -0.25) is 28.3 Å². The van der Waals surface area contributed by atoms with Crippen LogP contribution in [0.15, 0.2) is 119 Å². The Morgan fingerprint density at radius 2 is 0.833 bits per heavy atom. The van der Waals surface area contributed by atoms with E-state index >= 15 is 0 Å². The number of rotatable bonds is 8. The number of nitrogens with one attached hydrogen (secondary N) is 4. The Balaban J connectivity index is 1.12. The summed E-state index contributed by atoms with van der Waals surface area (Å²) in [5, 5.41) is 31.6. The molecule has 274 valence electrons. The maximum absolute atomic E-state index is 13.1. The highest BCUT2D eigenvalue weighted by Crippen LogP contribution is 2.36. The molecule has 0 aliphatic carbocycles. The maximum Gasteiger partial charge on any atom is 0.314 e. The minimum absolute atomic E-state index is 0.0383. The fourth-order valence-electron chi connectivity index (χ4n) is 5.50. The summed E-state index contributed by atoms with van der Waals surface area (Å²) >= 11 is 0. The van der Waals surface area contributed by atoms with Gasteiger partial charge in [0.2, 0.25) is 0 Å². The highest BCUT2D eigenvalue weighted by Gasteiger charge is 2.20. The Morgan fingerprint density at radius 1 is 0.463 bits per heavy atom. The third-order valence-electron chi connectivity index (χ3n) is 7.92. The van der Waals surface area contributed by atoms with E-state index in [4.69, 9.17) is 0 Å². The molecule has 0 bridgehead atoms. The maximum atomic E-state index is 13.1. The van der Waals surface area contributed by atoms with E-state index in [-0.39, 0.29) is 55.4 Å². The van der Waals surface area contributed by atoms with Crippen molar-refractivity contribution < 1.29 is 55.3 Å². The number of phenolic OH excluding ortho intramolecular Hbond substituents is 2. The van der Waals surface area contributed by atoms with Crippen LogP contribution in [0.3, 0.4) is 0 Å². The van der Waals surface area contributed by atoms with Crippen molar-refractivity contribution in [2.45, 2.75) is 9.79 Å². The molecule has 0 aromatic heterocycles. The average Bonchev–Trinajstić information content (AvgIpc) is 3.11. The first-order valence-corrected chi connectivity index (χ1v) is 18.3. The number of benzene rings is 6. The first-order chi connectivity index (χ1) is 25.5.